The quantitative estimate of drug-likeness (QED) is 0.469. The minimum atomic E-state index is -1.08. The Morgan fingerprint density at radius 2 is 1.59 bits per heavy atom. The summed E-state index contributed by atoms with van der Waals surface area (Å²) in [5.41, 5.74) is 3.76. The number of hydrogen-bond donors (Lipinski definition) is 3. The number of amides is 2. The van der Waals surface area contributed by atoms with E-state index in [0.717, 1.165) is 22.3 Å². The summed E-state index contributed by atoms with van der Waals surface area (Å²) in [4.78, 5) is 35.6. The lowest BCUT2D eigenvalue weighted by molar-refractivity contribution is -0.137. The van der Waals surface area contributed by atoms with E-state index in [0.29, 0.717) is 0 Å². The standard InChI is InChI=1S/C26H23FN2O5/c1-15(13-23(30)31)28-25(32)20-11-6-12-22(24(20)27)29-26(33)34-14-21-18-9-4-2-7-16(18)17-8-3-5-10-19(17)21/h2-12,15,21H,13-14H2,1H3,(H,28,32)(H,29,33)(H,30,31)/t15-/m0/s1. The predicted molar refractivity (Wildman–Crippen MR) is 124 cm³/mol. The molecule has 0 aromatic heterocycles. The molecule has 1 aliphatic rings. The summed E-state index contributed by atoms with van der Waals surface area (Å²) < 4.78 is 20.3. The van der Waals surface area contributed by atoms with Crippen molar-refractivity contribution in [1.82, 2.24) is 5.32 Å². The molecule has 0 saturated heterocycles. The monoisotopic (exact) mass is 462 g/mol. The number of carbonyl (C=O) groups is 3. The Morgan fingerprint density at radius 1 is 0.971 bits per heavy atom. The fourth-order valence-electron chi connectivity index (χ4n) is 4.16. The average Bonchev–Trinajstić information content (AvgIpc) is 3.12. The summed E-state index contributed by atoms with van der Waals surface area (Å²) in [7, 11) is 0. The SMILES string of the molecule is C[C@@H](CC(=O)O)NC(=O)c1cccc(NC(=O)OCC2c3ccccc3-c3ccccc32)c1F. The van der Waals surface area contributed by atoms with Gasteiger partial charge in [0.05, 0.1) is 17.7 Å². The van der Waals surface area contributed by atoms with E-state index in [1.807, 2.05) is 48.5 Å². The fourth-order valence-corrected chi connectivity index (χ4v) is 4.16. The molecular formula is C26H23FN2O5. The topological polar surface area (TPSA) is 105 Å². The molecule has 1 atom stereocenters. The van der Waals surface area contributed by atoms with Crippen molar-refractivity contribution < 1.29 is 28.6 Å². The summed E-state index contributed by atoms with van der Waals surface area (Å²) in [6, 6.07) is 19.1. The van der Waals surface area contributed by atoms with Gasteiger partial charge in [-0.25, -0.2) is 9.18 Å². The van der Waals surface area contributed by atoms with Crippen LogP contribution in [0.15, 0.2) is 66.7 Å². The first-order valence-corrected chi connectivity index (χ1v) is 10.8. The van der Waals surface area contributed by atoms with E-state index < -0.39 is 29.8 Å². The first-order chi connectivity index (χ1) is 16.3. The largest absolute Gasteiger partial charge is 0.481 e. The third-order valence-corrected chi connectivity index (χ3v) is 5.68. The Morgan fingerprint density at radius 3 is 2.21 bits per heavy atom. The number of anilines is 1. The van der Waals surface area contributed by atoms with Gasteiger partial charge >= 0.3 is 12.1 Å². The molecule has 0 radical (unpaired) electrons. The maximum atomic E-state index is 14.9. The molecule has 0 spiro atoms. The number of hydrogen-bond acceptors (Lipinski definition) is 4. The molecule has 0 unspecified atom stereocenters. The smallest absolute Gasteiger partial charge is 0.411 e. The van der Waals surface area contributed by atoms with Crippen molar-refractivity contribution in [2.24, 2.45) is 0 Å². The van der Waals surface area contributed by atoms with Gasteiger partial charge in [0, 0.05) is 12.0 Å². The van der Waals surface area contributed by atoms with E-state index >= 15 is 0 Å². The van der Waals surface area contributed by atoms with Crippen LogP contribution in [0, 0.1) is 5.82 Å². The Labute approximate surface area is 195 Å². The van der Waals surface area contributed by atoms with Gasteiger partial charge < -0.3 is 15.2 Å². The summed E-state index contributed by atoms with van der Waals surface area (Å²) in [6.45, 7) is 1.57. The number of fused-ring (bicyclic) bond motifs is 3. The second kappa shape index (κ2) is 9.74. The van der Waals surface area contributed by atoms with Crippen molar-refractivity contribution in [2.75, 3.05) is 11.9 Å². The lowest BCUT2D eigenvalue weighted by Gasteiger charge is -2.16. The highest BCUT2D eigenvalue weighted by Crippen LogP contribution is 2.44. The van der Waals surface area contributed by atoms with Crippen molar-refractivity contribution >= 4 is 23.7 Å². The van der Waals surface area contributed by atoms with Gasteiger partial charge in [0.25, 0.3) is 5.91 Å². The number of benzene rings is 3. The van der Waals surface area contributed by atoms with Crippen LogP contribution in [-0.4, -0.2) is 35.7 Å². The second-order valence-electron chi connectivity index (χ2n) is 8.09. The maximum Gasteiger partial charge on any atom is 0.411 e. The van der Waals surface area contributed by atoms with Gasteiger partial charge in [-0.3, -0.25) is 14.9 Å². The van der Waals surface area contributed by atoms with Crippen LogP contribution in [0.1, 0.15) is 40.7 Å². The van der Waals surface area contributed by atoms with Crippen LogP contribution in [0.3, 0.4) is 0 Å². The Bertz CT molecular complexity index is 1210. The van der Waals surface area contributed by atoms with Gasteiger partial charge in [-0.15, -0.1) is 0 Å². The molecule has 2 amide bonds. The Hall–Kier alpha value is -4.20. The van der Waals surface area contributed by atoms with Gasteiger partial charge in [-0.2, -0.15) is 0 Å². The van der Waals surface area contributed by atoms with Gasteiger partial charge in [0.1, 0.15) is 6.61 Å². The van der Waals surface area contributed by atoms with Crippen molar-refractivity contribution in [3.05, 3.63) is 89.2 Å². The lowest BCUT2D eigenvalue weighted by Crippen LogP contribution is -2.34. The van der Waals surface area contributed by atoms with Gasteiger partial charge in [-0.05, 0) is 41.3 Å². The Kier molecular flexibility index (Phi) is 6.58. The van der Waals surface area contributed by atoms with Crippen LogP contribution >= 0.6 is 0 Å². The summed E-state index contributed by atoms with van der Waals surface area (Å²) in [5, 5.41) is 13.6. The summed E-state index contributed by atoms with van der Waals surface area (Å²) >= 11 is 0. The van der Waals surface area contributed by atoms with Gasteiger partial charge in [0.2, 0.25) is 0 Å². The zero-order valence-electron chi connectivity index (χ0n) is 18.4. The first kappa shape index (κ1) is 23.0. The number of ether oxygens (including phenoxy) is 1. The third-order valence-electron chi connectivity index (χ3n) is 5.68. The molecule has 3 aromatic rings. The van der Waals surface area contributed by atoms with Gasteiger partial charge in [-0.1, -0.05) is 54.6 Å². The van der Waals surface area contributed by atoms with E-state index in [1.165, 1.54) is 25.1 Å². The molecule has 4 rings (SSSR count). The highest BCUT2D eigenvalue weighted by Gasteiger charge is 2.29. The van der Waals surface area contributed by atoms with Crippen molar-refractivity contribution in [3.63, 3.8) is 0 Å². The highest BCUT2D eigenvalue weighted by molar-refractivity contribution is 5.97. The fraction of sp³-hybridized carbons (Fsp3) is 0.192. The minimum Gasteiger partial charge on any atom is -0.481 e. The highest BCUT2D eigenvalue weighted by atomic mass is 19.1. The molecule has 0 aliphatic heterocycles. The van der Waals surface area contributed by atoms with Crippen LogP contribution in [0.25, 0.3) is 11.1 Å². The number of halogens is 1. The molecule has 8 heteroatoms. The zero-order chi connectivity index (χ0) is 24.2. The summed E-state index contributed by atoms with van der Waals surface area (Å²) in [5.74, 6) is -2.94. The number of nitrogens with one attached hydrogen (secondary N) is 2. The number of rotatable bonds is 7. The lowest BCUT2D eigenvalue weighted by atomic mass is 9.98. The Balaban J connectivity index is 1.43. The maximum absolute atomic E-state index is 14.9. The molecular weight excluding hydrogens is 439 g/mol. The minimum absolute atomic E-state index is 0.0638. The molecule has 0 heterocycles. The molecule has 3 aromatic carbocycles. The van der Waals surface area contributed by atoms with Crippen molar-refractivity contribution in [2.45, 2.75) is 25.3 Å². The van der Waals surface area contributed by atoms with E-state index in [-0.39, 0.29) is 30.2 Å². The zero-order valence-corrected chi connectivity index (χ0v) is 18.4. The van der Waals surface area contributed by atoms with E-state index in [1.54, 1.807) is 0 Å². The van der Waals surface area contributed by atoms with Crippen LogP contribution in [0.4, 0.5) is 14.9 Å². The molecule has 0 bridgehead atoms. The first-order valence-electron chi connectivity index (χ1n) is 10.8. The van der Waals surface area contributed by atoms with Crippen molar-refractivity contribution in [3.8, 4) is 11.1 Å². The van der Waals surface area contributed by atoms with E-state index in [4.69, 9.17) is 9.84 Å². The van der Waals surface area contributed by atoms with E-state index in [2.05, 4.69) is 10.6 Å². The van der Waals surface area contributed by atoms with Crippen LogP contribution in [0.2, 0.25) is 0 Å². The molecule has 7 nitrogen and oxygen atoms in total. The summed E-state index contributed by atoms with van der Waals surface area (Å²) in [6.07, 6.45) is -1.15. The number of carbonyl (C=O) groups excluding carboxylic acids is 2. The normalized spacial score (nSPS) is 12.9. The second-order valence-corrected chi connectivity index (χ2v) is 8.09. The number of carboxylic acids is 1. The molecule has 174 valence electrons. The predicted octanol–water partition coefficient (Wildman–Crippen LogP) is 4.78. The number of aliphatic carboxylic acids is 1. The van der Waals surface area contributed by atoms with Crippen molar-refractivity contribution in [1.29, 1.82) is 0 Å². The average molecular weight is 462 g/mol. The molecule has 0 fully saturated rings. The van der Waals surface area contributed by atoms with Crippen LogP contribution < -0.4 is 10.6 Å². The molecule has 1 aliphatic carbocycles. The molecule has 3 N–H and O–H groups in total. The van der Waals surface area contributed by atoms with E-state index in [9.17, 15) is 18.8 Å². The van der Waals surface area contributed by atoms with Crippen LogP contribution in [0.5, 0.6) is 0 Å². The molecule has 0 saturated carbocycles. The number of carboxylic acid groups (broad SMARTS) is 1. The molecule has 34 heavy (non-hydrogen) atoms. The third kappa shape index (κ3) is 4.76. The van der Waals surface area contributed by atoms with Gasteiger partial charge in [0.15, 0.2) is 5.82 Å². The van der Waals surface area contributed by atoms with Crippen LogP contribution in [-0.2, 0) is 9.53 Å².